The Morgan fingerprint density at radius 2 is 2.15 bits per heavy atom. The lowest BCUT2D eigenvalue weighted by Crippen LogP contribution is -2.44. The molecular weight excluding hydrogens is 376 g/mol. The van der Waals surface area contributed by atoms with Gasteiger partial charge in [-0.3, -0.25) is 4.79 Å². The SMILES string of the molecule is C[C@@H](Sc1nnc(Cc2cccs2)n1C1CC1)C(=O)N[C@H]1CCCC[C@@H]1C. The van der Waals surface area contributed by atoms with E-state index in [1.165, 1.54) is 37.0 Å². The quantitative estimate of drug-likeness (QED) is 0.693. The maximum Gasteiger partial charge on any atom is 0.233 e. The summed E-state index contributed by atoms with van der Waals surface area (Å²) in [4.78, 5) is 14.0. The van der Waals surface area contributed by atoms with Crippen LogP contribution in [0.15, 0.2) is 22.7 Å². The molecule has 1 amide bonds. The molecule has 0 radical (unpaired) electrons. The summed E-state index contributed by atoms with van der Waals surface area (Å²) in [6.45, 7) is 4.24. The monoisotopic (exact) mass is 404 g/mol. The summed E-state index contributed by atoms with van der Waals surface area (Å²) >= 11 is 3.30. The second-order valence-corrected chi connectivity index (χ2v) is 10.2. The zero-order valence-electron chi connectivity index (χ0n) is 16.1. The van der Waals surface area contributed by atoms with Gasteiger partial charge in [0.05, 0.1) is 5.25 Å². The van der Waals surface area contributed by atoms with Crippen LogP contribution in [0.1, 0.15) is 69.1 Å². The van der Waals surface area contributed by atoms with E-state index in [2.05, 4.69) is 44.5 Å². The molecule has 0 aliphatic heterocycles. The fraction of sp³-hybridized carbons (Fsp3) is 0.650. The van der Waals surface area contributed by atoms with Crippen LogP contribution in [-0.2, 0) is 11.2 Å². The van der Waals surface area contributed by atoms with Crippen molar-refractivity contribution in [3.63, 3.8) is 0 Å². The minimum absolute atomic E-state index is 0.129. The lowest BCUT2D eigenvalue weighted by Gasteiger charge is -2.30. The summed E-state index contributed by atoms with van der Waals surface area (Å²) in [7, 11) is 0. The smallest absolute Gasteiger partial charge is 0.233 e. The van der Waals surface area contributed by atoms with Crippen molar-refractivity contribution in [3.05, 3.63) is 28.2 Å². The summed E-state index contributed by atoms with van der Waals surface area (Å²) in [5, 5.41) is 15.0. The topological polar surface area (TPSA) is 59.8 Å². The number of carbonyl (C=O) groups is 1. The van der Waals surface area contributed by atoms with Gasteiger partial charge in [-0.05, 0) is 50.0 Å². The van der Waals surface area contributed by atoms with Crippen LogP contribution in [0, 0.1) is 5.92 Å². The standard InChI is InChI=1S/C20H28N4OS2/c1-13-6-3-4-8-17(13)21-19(25)14(2)27-20-23-22-18(24(20)15-9-10-15)12-16-7-5-11-26-16/h5,7,11,13-15,17H,3-4,6,8-10,12H2,1-2H3,(H,21,25)/t13-,14+,17-/m0/s1. The van der Waals surface area contributed by atoms with E-state index in [0.717, 1.165) is 23.8 Å². The average molecular weight is 405 g/mol. The molecule has 1 N–H and O–H groups in total. The molecule has 2 aromatic rings. The maximum absolute atomic E-state index is 12.7. The molecular formula is C20H28N4OS2. The van der Waals surface area contributed by atoms with Gasteiger partial charge in [-0.2, -0.15) is 0 Å². The highest BCUT2D eigenvalue weighted by atomic mass is 32.2. The first kappa shape index (κ1) is 19.0. The molecule has 2 aliphatic carbocycles. The molecule has 0 unspecified atom stereocenters. The van der Waals surface area contributed by atoms with E-state index in [9.17, 15) is 4.79 Å². The van der Waals surface area contributed by atoms with E-state index in [4.69, 9.17) is 0 Å². The van der Waals surface area contributed by atoms with Crippen LogP contribution < -0.4 is 5.32 Å². The highest BCUT2D eigenvalue weighted by Gasteiger charge is 2.32. The Balaban J connectivity index is 1.42. The fourth-order valence-electron chi connectivity index (χ4n) is 3.82. The van der Waals surface area contributed by atoms with E-state index in [0.29, 0.717) is 18.0 Å². The first-order valence-electron chi connectivity index (χ1n) is 10.0. The first-order chi connectivity index (χ1) is 13.1. The van der Waals surface area contributed by atoms with Gasteiger partial charge < -0.3 is 9.88 Å². The second-order valence-electron chi connectivity index (χ2n) is 7.89. The van der Waals surface area contributed by atoms with Gasteiger partial charge in [0.25, 0.3) is 0 Å². The summed E-state index contributed by atoms with van der Waals surface area (Å²) in [6.07, 6.45) is 8.02. The van der Waals surface area contributed by atoms with Gasteiger partial charge in [0.2, 0.25) is 5.91 Å². The van der Waals surface area contributed by atoms with Gasteiger partial charge in [-0.25, -0.2) is 0 Å². The molecule has 7 heteroatoms. The largest absolute Gasteiger partial charge is 0.352 e. The molecule has 146 valence electrons. The number of hydrogen-bond acceptors (Lipinski definition) is 5. The number of nitrogens with one attached hydrogen (secondary N) is 1. The summed E-state index contributed by atoms with van der Waals surface area (Å²) in [6, 6.07) is 5.05. The lowest BCUT2D eigenvalue weighted by molar-refractivity contribution is -0.121. The number of aromatic nitrogens is 3. The van der Waals surface area contributed by atoms with Crippen molar-refractivity contribution in [2.45, 2.75) is 81.3 Å². The first-order valence-corrected chi connectivity index (χ1v) is 11.8. The Morgan fingerprint density at radius 1 is 1.33 bits per heavy atom. The Bertz CT molecular complexity index is 769. The molecule has 0 bridgehead atoms. The third-order valence-corrected chi connectivity index (χ3v) is 7.58. The van der Waals surface area contributed by atoms with Crippen LogP contribution in [0.5, 0.6) is 0 Å². The third-order valence-electron chi connectivity index (χ3n) is 5.65. The molecule has 0 saturated heterocycles. The number of thioether (sulfide) groups is 1. The maximum atomic E-state index is 12.7. The number of amides is 1. The van der Waals surface area contributed by atoms with E-state index in [-0.39, 0.29) is 11.2 Å². The minimum atomic E-state index is -0.157. The van der Waals surface area contributed by atoms with Gasteiger partial charge in [-0.1, -0.05) is 37.6 Å². The molecule has 0 spiro atoms. The Hall–Kier alpha value is -1.34. The molecule has 2 fully saturated rings. The number of nitrogens with zero attached hydrogens (tertiary/aromatic N) is 3. The van der Waals surface area contributed by atoms with Crippen LogP contribution in [-0.4, -0.2) is 32.0 Å². The summed E-state index contributed by atoms with van der Waals surface area (Å²) < 4.78 is 2.28. The van der Waals surface area contributed by atoms with Gasteiger partial charge in [0.1, 0.15) is 5.82 Å². The molecule has 2 aromatic heterocycles. The van der Waals surface area contributed by atoms with Crippen LogP contribution in [0.2, 0.25) is 0 Å². The van der Waals surface area contributed by atoms with E-state index in [1.54, 1.807) is 23.1 Å². The van der Waals surface area contributed by atoms with Crippen molar-refractivity contribution < 1.29 is 4.79 Å². The number of rotatable bonds is 7. The van der Waals surface area contributed by atoms with Gasteiger partial charge in [-0.15, -0.1) is 21.5 Å². The highest BCUT2D eigenvalue weighted by molar-refractivity contribution is 8.00. The van der Waals surface area contributed by atoms with Crippen molar-refractivity contribution in [2.24, 2.45) is 5.92 Å². The van der Waals surface area contributed by atoms with Crippen molar-refractivity contribution >= 4 is 29.0 Å². The van der Waals surface area contributed by atoms with Crippen molar-refractivity contribution in [2.75, 3.05) is 0 Å². The van der Waals surface area contributed by atoms with Crippen molar-refractivity contribution in [1.29, 1.82) is 0 Å². The molecule has 4 rings (SSSR count). The zero-order chi connectivity index (χ0) is 18.8. The zero-order valence-corrected chi connectivity index (χ0v) is 17.7. The minimum Gasteiger partial charge on any atom is -0.352 e. The third kappa shape index (κ3) is 4.57. The van der Waals surface area contributed by atoms with Crippen molar-refractivity contribution in [1.82, 2.24) is 20.1 Å². The Morgan fingerprint density at radius 3 is 2.85 bits per heavy atom. The van der Waals surface area contributed by atoms with Crippen LogP contribution in [0.4, 0.5) is 0 Å². The average Bonchev–Trinajstić information content (AvgIpc) is 3.21. The number of thiophene rings is 1. The lowest BCUT2D eigenvalue weighted by atomic mass is 9.86. The van der Waals surface area contributed by atoms with Gasteiger partial charge >= 0.3 is 0 Å². The van der Waals surface area contributed by atoms with Crippen LogP contribution in [0.3, 0.4) is 0 Å². The predicted molar refractivity (Wildman–Crippen MR) is 110 cm³/mol. The molecule has 2 saturated carbocycles. The van der Waals surface area contributed by atoms with Gasteiger partial charge in [0, 0.05) is 23.4 Å². The van der Waals surface area contributed by atoms with Crippen molar-refractivity contribution in [3.8, 4) is 0 Å². The molecule has 3 atom stereocenters. The Kier molecular flexibility index (Phi) is 5.88. The summed E-state index contributed by atoms with van der Waals surface area (Å²) in [5.41, 5.74) is 0. The van der Waals surface area contributed by atoms with Crippen LogP contribution >= 0.6 is 23.1 Å². The van der Waals surface area contributed by atoms with E-state index >= 15 is 0 Å². The predicted octanol–water partition coefficient (Wildman–Crippen LogP) is 4.44. The molecule has 2 aliphatic rings. The molecule has 0 aromatic carbocycles. The number of carbonyl (C=O) groups excluding carboxylic acids is 1. The normalized spacial score (nSPS) is 23.9. The fourth-order valence-corrected chi connectivity index (χ4v) is 5.47. The van der Waals surface area contributed by atoms with Gasteiger partial charge in [0.15, 0.2) is 5.16 Å². The molecule has 5 nitrogen and oxygen atoms in total. The Labute approximate surface area is 169 Å². The second kappa shape index (κ2) is 8.35. The molecule has 27 heavy (non-hydrogen) atoms. The number of hydrogen-bond donors (Lipinski definition) is 1. The van der Waals surface area contributed by atoms with E-state index in [1.807, 2.05) is 6.92 Å². The van der Waals surface area contributed by atoms with E-state index < -0.39 is 0 Å². The summed E-state index contributed by atoms with van der Waals surface area (Å²) in [5.74, 6) is 1.73. The highest BCUT2D eigenvalue weighted by Crippen LogP contribution is 2.40. The molecule has 2 heterocycles. The van der Waals surface area contributed by atoms with Crippen LogP contribution in [0.25, 0.3) is 0 Å².